The average Bonchev–Trinajstić information content (AvgIpc) is 2.19. The summed E-state index contributed by atoms with van der Waals surface area (Å²) in [5.74, 6) is 0.303. The molecule has 0 aromatic rings. The number of unbranched alkanes of at least 4 members (excludes halogenated alkanes) is 5. The maximum absolute atomic E-state index is 11.3. The number of rotatable bonds is 9. The summed E-state index contributed by atoms with van der Waals surface area (Å²) in [5.41, 5.74) is 0. The fourth-order valence-electron chi connectivity index (χ4n) is 1.35. The van der Waals surface area contributed by atoms with Gasteiger partial charge in [0.05, 0.1) is 0 Å². The first-order valence-corrected chi connectivity index (χ1v) is 6.00. The lowest BCUT2D eigenvalue weighted by molar-refractivity contribution is -0.114. The van der Waals surface area contributed by atoms with Crippen LogP contribution in [0.1, 0.15) is 65.2 Å². The zero-order chi connectivity index (χ0) is 10.6. The molecular formula is C13H24O. The molecule has 0 radical (unpaired) electrons. The van der Waals surface area contributed by atoms with Gasteiger partial charge in [-0.2, -0.15) is 0 Å². The molecule has 0 unspecified atom stereocenters. The smallest absolute Gasteiger partial charge is 0.155 e. The molecule has 82 valence electrons. The van der Waals surface area contributed by atoms with Gasteiger partial charge in [0, 0.05) is 6.42 Å². The van der Waals surface area contributed by atoms with Crippen LogP contribution in [0.3, 0.4) is 0 Å². The van der Waals surface area contributed by atoms with Gasteiger partial charge >= 0.3 is 0 Å². The lowest BCUT2D eigenvalue weighted by Gasteiger charge is -1.95. The van der Waals surface area contributed by atoms with Gasteiger partial charge in [-0.3, -0.25) is 4.79 Å². The molecule has 0 aliphatic rings. The van der Waals surface area contributed by atoms with Crippen LogP contribution in [-0.4, -0.2) is 5.78 Å². The van der Waals surface area contributed by atoms with Crippen LogP contribution >= 0.6 is 0 Å². The third kappa shape index (κ3) is 9.50. The van der Waals surface area contributed by atoms with Crippen LogP contribution in [0.4, 0.5) is 0 Å². The first kappa shape index (κ1) is 13.4. The highest BCUT2D eigenvalue weighted by Crippen LogP contribution is 2.04. The summed E-state index contributed by atoms with van der Waals surface area (Å²) in [4.78, 5) is 11.3. The van der Waals surface area contributed by atoms with Crippen molar-refractivity contribution in [3.63, 3.8) is 0 Å². The van der Waals surface area contributed by atoms with Gasteiger partial charge in [-0.15, -0.1) is 0 Å². The summed E-state index contributed by atoms with van der Waals surface area (Å²) >= 11 is 0. The predicted octanol–water partition coefficient (Wildman–Crippen LogP) is 4.27. The largest absolute Gasteiger partial charge is 0.295 e. The number of hydrogen-bond acceptors (Lipinski definition) is 1. The van der Waals surface area contributed by atoms with Gasteiger partial charge in [0.1, 0.15) is 0 Å². The Kier molecular flexibility index (Phi) is 10.0. The second kappa shape index (κ2) is 10.5. The summed E-state index contributed by atoms with van der Waals surface area (Å²) in [7, 11) is 0. The van der Waals surface area contributed by atoms with Crippen LogP contribution < -0.4 is 0 Å². The molecule has 14 heavy (non-hydrogen) atoms. The minimum Gasteiger partial charge on any atom is -0.295 e. The average molecular weight is 196 g/mol. The van der Waals surface area contributed by atoms with E-state index in [2.05, 4.69) is 13.8 Å². The topological polar surface area (TPSA) is 17.1 Å². The molecule has 0 saturated carbocycles. The number of carbonyl (C=O) groups is 1. The minimum atomic E-state index is 0.303. The second-order valence-corrected chi connectivity index (χ2v) is 3.82. The molecule has 0 aromatic carbocycles. The summed E-state index contributed by atoms with van der Waals surface area (Å²) in [6, 6.07) is 0. The molecular weight excluding hydrogens is 172 g/mol. The van der Waals surface area contributed by atoms with E-state index in [0.29, 0.717) is 5.78 Å². The van der Waals surface area contributed by atoms with E-state index in [1.165, 1.54) is 32.1 Å². The van der Waals surface area contributed by atoms with E-state index in [0.717, 1.165) is 19.3 Å². The molecule has 0 aliphatic carbocycles. The van der Waals surface area contributed by atoms with E-state index >= 15 is 0 Å². The van der Waals surface area contributed by atoms with Gasteiger partial charge in [-0.05, 0) is 18.9 Å². The normalized spacial score (nSPS) is 11.0. The molecule has 0 N–H and O–H groups in total. The van der Waals surface area contributed by atoms with E-state index in [1.54, 1.807) is 6.08 Å². The molecule has 0 spiro atoms. The van der Waals surface area contributed by atoms with Crippen molar-refractivity contribution in [2.45, 2.75) is 65.2 Å². The van der Waals surface area contributed by atoms with Gasteiger partial charge in [0.25, 0.3) is 0 Å². The molecule has 1 heteroatoms. The molecule has 0 bridgehead atoms. The van der Waals surface area contributed by atoms with Crippen LogP contribution in [0.25, 0.3) is 0 Å². The summed E-state index contributed by atoms with van der Waals surface area (Å²) in [6.45, 7) is 4.35. The molecule has 1 nitrogen and oxygen atoms in total. The van der Waals surface area contributed by atoms with Crippen LogP contribution in [0.2, 0.25) is 0 Å². The van der Waals surface area contributed by atoms with Gasteiger partial charge < -0.3 is 0 Å². The highest BCUT2D eigenvalue weighted by molar-refractivity contribution is 5.89. The minimum absolute atomic E-state index is 0.303. The number of ketones is 1. The first-order chi connectivity index (χ1) is 6.81. The van der Waals surface area contributed by atoms with Crippen LogP contribution in [0.15, 0.2) is 12.2 Å². The summed E-state index contributed by atoms with van der Waals surface area (Å²) in [5, 5.41) is 0. The Labute approximate surface area is 88.6 Å². The van der Waals surface area contributed by atoms with Crippen molar-refractivity contribution in [3.8, 4) is 0 Å². The lowest BCUT2D eigenvalue weighted by atomic mass is 10.1. The van der Waals surface area contributed by atoms with E-state index in [-0.39, 0.29) is 0 Å². The third-order valence-electron chi connectivity index (χ3n) is 2.30. The molecule has 0 aliphatic heterocycles. The zero-order valence-electron chi connectivity index (χ0n) is 9.72. The number of hydrogen-bond donors (Lipinski definition) is 0. The van der Waals surface area contributed by atoms with Crippen LogP contribution in [0, 0.1) is 0 Å². The second-order valence-electron chi connectivity index (χ2n) is 3.82. The van der Waals surface area contributed by atoms with Gasteiger partial charge in [-0.25, -0.2) is 0 Å². The predicted molar refractivity (Wildman–Crippen MR) is 62.4 cm³/mol. The number of carbonyl (C=O) groups excluding carboxylic acids is 1. The molecule has 0 rings (SSSR count). The Morgan fingerprint density at radius 3 is 2.36 bits per heavy atom. The highest BCUT2D eigenvalue weighted by Gasteiger charge is 1.95. The van der Waals surface area contributed by atoms with Crippen molar-refractivity contribution < 1.29 is 4.79 Å². The van der Waals surface area contributed by atoms with Crippen LogP contribution in [-0.2, 0) is 4.79 Å². The van der Waals surface area contributed by atoms with Crippen molar-refractivity contribution in [3.05, 3.63) is 12.2 Å². The lowest BCUT2D eigenvalue weighted by Crippen LogP contribution is -1.92. The van der Waals surface area contributed by atoms with Crippen molar-refractivity contribution >= 4 is 5.78 Å². The summed E-state index contributed by atoms with van der Waals surface area (Å²) in [6.07, 6.45) is 12.7. The Morgan fingerprint density at radius 2 is 1.71 bits per heavy atom. The zero-order valence-corrected chi connectivity index (χ0v) is 9.72. The van der Waals surface area contributed by atoms with Crippen LogP contribution in [0.5, 0.6) is 0 Å². The fraction of sp³-hybridized carbons (Fsp3) is 0.769. The maximum atomic E-state index is 11.3. The SMILES string of the molecule is CCCCC=CC(=O)CCCCCC. The van der Waals surface area contributed by atoms with Gasteiger partial charge in [0.15, 0.2) is 5.78 Å². The molecule has 0 fully saturated rings. The maximum Gasteiger partial charge on any atom is 0.155 e. The highest BCUT2D eigenvalue weighted by atomic mass is 16.1. The quantitative estimate of drug-likeness (QED) is 0.397. The van der Waals surface area contributed by atoms with Gasteiger partial charge in [0.2, 0.25) is 0 Å². The van der Waals surface area contributed by atoms with E-state index < -0.39 is 0 Å². The van der Waals surface area contributed by atoms with E-state index in [9.17, 15) is 4.79 Å². The van der Waals surface area contributed by atoms with E-state index in [1.807, 2.05) is 6.08 Å². The Hall–Kier alpha value is -0.590. The monoisotopic (exact) mass is 196 g/mol. The van der Waals surface area contributed by atoms with Crippen molar-refractivity contribution in [1.82, 2.24) is 0 Å². The molecule has 0 atom stereocenters. The molecule has 0 heterocycles. The number of allylic oxidation sites excluding steroid dienone is 2. The van der Waals surface area contributed by atoms with Crippen molar-refractivity contribution in [1.29, 1.82) is 0 Å². The van der Waals surface area contributed by atoms with Gasteiger partial charge in [-0.1, -0.05) is 52.0 Å². The van der Waals surface area contributed by atoms with Crippen molar-refractivity contribution in [2.75, 3.05) is 0 Å². The Bertz CT molecular complexity index is 159. The molecule has 0 saturated heterocycles. The fourth-order valence-corrected chi connectivity index (χ4v) is 1.35. The summed E-state index contributed by atoms with van der Waals surface area (Å²) < 4.78 is 0. The Balaban J connectivity index is 3.31. The third-order valence-corrected chi connectivity index (χ3v) is 2.30. The van der Waals surface area contributed by atoms with E-state index in [4.69, 9.17) is 0 Å². The molecule has 0 amide bonds. The first-order valence-electron chi connectivity index (χ1n) is 6.00. The van der Waals surface area contributed by atoms with Crippen molar-refractivity contribution in [2.24, 2.45) is 0 Å². The standard InChI is InChI=1S/C13H24O/c1-3-5-7-9-11-13(14)12-10-8-6-4-2/h9,11H,3-8,10,12H2,1-2H3. The Morgan fingerprint density at radius 1 is 1.00 bits per heavy atom. The molecule has 0 aromatic heterocycles.